The zero-order chi connectivity index (χ0) is 11.5. The van der Waals surface area contributed by atoms with Crippen molar-refractivity contribution in [3.8, 4) is 0 Å². The van der Waals surface area contributed by atoms with Gasteiger partial charge in [-0.2, -0.15) is 20.1 Å². The molecule has 16 heavy (non-hydrogen) atoms. The molecule has 2 heterocycles. The molecule has 1 N–H and O–H groups in total. The monoisotopic (exact) mass is 257 g/mol. The van der Waals surface area contributed by atoms with E-state index in [2.05, 4.69) is 30.1 Å². The largest absolute Gasteiger partial charge is 0.347 e. The van der Waals surface area contributed by atoms with Crippen molar-refractivity contribution in [2.24, 2.45) is 0 Å². The van der Waals surface area contributed by atoms with Gasteiger partial charge in [-0.05, 0) is 23.4 Å². The van der Waals surface area contributed by atoms with Crippen molar-refractivity contribution in [3.05, 3.63) is 11.6 Å². The molecule has 0 aliphatic rings. The van der Waals surface area contributed by atoms with Crippen LogP contribution in [0.3, 0.4) is 0 Å². The number of hydrogen-bond donors (Lipinski definition) is 1. The van der Waals surface area contributed by atoms with Crippen molar-refractivity contribution in [2.45, 2.75) is 10.3 Å². The molecule has 0 aromatic carbocycles. The third kappa shape index (κ3) is 2.58. The lowest BCUT2D eigenvalue weighted by molar-refractivity contribution is 0.859. The predicted octanol–water partition coefficient (Wildman–Crippen LogP) is 0.860. The molecule has 0 saturated carbocycles. The van der Waals surface area contributed by atoms with Crippen LogP contribution in [0.4, 0.5) is 5.95 Å². The highest BCUT2D eigenvalue weighted by molar-refractivity contribution is 7.99. The van der Waals surface area contributed by atoms with E-state index in [4.69, 9.17) is 11.6 Å². The number of halogens is 1. The molecular weight excluding hydrogens is 250 g/mol. The minimum absolute atomic E-state index is 0.153. The average Bonchev–Trinajstić information content (AvgIpc) is 2.69. The van der Waals surface area contributed by atoms with Crippen LogP contribution < -0.4 is 4.90 Å². The molecule has 0 amide bonds. The van der Waals surface area contributed by atoms with E-state index in [-0.39, 0.29) is 5.28 Å². The molecule has 2 aromatic heterocycles. The van der Waals surface area contributed by atoms with Crippen LogP contribution in [0.25, 0.3) is 0 Å². The fourth-order valence-corrected chi connectivity index (χ4v) is 1.73. The Morgan fingerprint density at radius 1 is 1.31 bits per heavy atom. The van der Waals surface area contributed by atoms with Crippen LogP contribution in [-0.2, 0) is 0 Å². The number of anilines is 1. The van der Waals surface area contributed by atoms with Crippen molar-refractivity contribution in [1.29, 1.82) is 0 Å². The summed E-state index contributed by atoms with van der Waals surface area (Å²) in [5.41, 5.74) is 0. The summed E-state index contributed by atoms with van der Waals surface area (Å²) < 4.78 is 0. The summed E-state index contributed by atoms with van der Waals surface area (Å²) in [6, 6.07) is 0. The zero-order valence-corrected chi connectivity index (χ0v) is 10.1. The van der Waals surface area contributed by atoms with Gasteiger partial charge in [0.05, 0.1) is 0 Å². The molecule has 0 spiro atoms. The predicted molar refractivity (Wildman–Crippen MR) is 59.7 cm³/mol. The van der Waals surface area contributed by atoms with Crippen LogP contribution in [0.15, 0.2) is 16.6 Å². The van der Waals surface area contributed by atoms with Crippen LogP contribution in [0, 0.1) is 0 Å². The van der Waals surface area contributed by atoms with Crippen LogP contribution in [-0.4, -0.2) is 44.2 Å². The van der Waals surface area contributed by atoms with E-state index in [1.54, 1.807) is 4.90 Å². The van der Waals surface area contributed by atoms with Crippen LogP contribution >= 0.6 is 23.4 Å². The maximum Gasteiger partial charge on any atom is 0.230 e. The first-order valence-corrected chi connectivity index (χ1v) is 5.46. The molecule has 9 heteroatoms. The maximum atomic E-state index is 5.79. The summed E-state index contributed by atoms with van der Waals surface area (Å²) in [6.45, 7) is 0. The number of hydrogen-bond acceptors (Lipinski definition) is 7. The molecule has 7 nitrogen and oxygen atoms in total. The van der Waals surface area contributed by atoms with Crippen molar-refractivity contribution in [2.75, 3.05) is 19.0 Å². The lowest BCUT2D eigenvalue weighted by atomic mass is 10.8. The van der Waals surface area contributed by atoms with Gasteiger partial charge in [0.1, 0.15) is 6.33 Å². The van der Waals surface area contributed by atoms with Gasteiger partial charge in [0.15, 0.2) is 5.16 Å². The van der Waals surface area contributed by atoms with Gasteiger partial charge in [0.2, 0.25) is 16.4 Å². The first-order chi connectivity index (χ1) is 7.65. The van der Waals surface area contributed by atoms with Gasteiger partial charge in [0, 0.05) is 14.1 Å². The standard InChI is InChI=1S/C7H8ClN7S/c1-15(2)5-11-4(8)12-7(13-5)16-6-9-3-10-14-6/h3H,1-2H3,(H,9,10,14). The topological polar surface area (TPSA) is 83.5 Å². The molecule has 0 radical (unpaired) electrons. The lowest BCUT2D eigenvalue weighted by Crippen LogP contribution is -2.13. The highest BCUT2D eigenvalue weighted by atomic mass is 35.5. The van der Waals surface area contributed by atoms with E-state index in [1.165, 1.54) is 18.1 Å². The van der Waals surface area contributed by atoms with Gasteiger partial charge in [-0.15, -0.1) is 0 Å². The van der Waals surface area contributed by atoms with Gasteiger partial charge < -0.3 is 4.90 Å². The van der Waals surface area contributed by atoms with E-state index in [0.29, 0.717) is 16.3 Å². The molecule has 2 rings (SSSR count). The number of aromatic nitrogens is 6. The summed E-state index contributed by atoms with van der Waals surface area (Å²) in [5.74, 6) is 0.502. The third-order valence-corrected chi connectivity index (χ3v) is 2.48. The lowest BCUT2D eigenvalue weighted by Gasteiger charge is -2.09. The van der Waals surface area contributed by atoms with Gasteiger partial charge in [-0.25, -0.2) is 4.98 Å². The second kappa shape index (κ2) is 4.62. The van der Waals surface area contributed by atoms with E-state index in [1.807, 2.05) is 14.1 Å². The molecule has 0 aliphatic heterocycles. The van der Waals surface area contributed by atoms with E-state index >= 15 is 0 Å². The van der Waals surface area contributed by atoms with Gasteiger partial charge in [-0.1, -0.05) is 0 Å². The molecule has 0 bridgehead atoms. The molecule has 0 aliphatic carbocycles. The summed E-state index contributed by atoms with van der Waals surface area (Å²) in [6.07, 6.45) is 1.41. The average molecular weight is 258 g/mol. The number of nitrogens with zero attached hydrogens (tertiary/aromatic N) is 6. The Morgan fingerprint density at radius 2 is 2.12 bits per heavy atom. The van der Waals surface area contributed by atoms with Gasteiger partial charge in [0.25, 0.3) is 0 Å². The van der Waals surface area contributed by atoms with Crippen molar-refractivity contribution in [1.82, 2.24) is 30.1 Å². The smallest absolute Gasteiger partial charge is 0.230 e. The Kier molecular flexibility index (Phi) is 3.20. The Labute approximate surface area is 101 Å². The first-order valence-electron chi connectivity index (χ1n) is 4.27. The van der Waals surface area contributed by atoms with Crippen LogP contribution in [0.2, 0.25) is 5.28 Å². The molecule has 2 aromatic rings. The molecule has 0 fully saturated rings. The summed E-state index contributed by atoms with van der Waals surface area (Å²) >= 11 is 7.02. The summed E-state index contributed by atoms with van der Waals surface area (Å²) in [7, 11) is 3.66. The second-order valence-corrected chi connectivity index (χ2v) is 4.27. The van der Waals surface area contributed by atoms with E-state index < -0.39 is 0 Å². The number of aromatic amines is 1. The number of rotatable bonds is 3. The van der Waals surface area contributed by atoms with Crippen molar-refractivity contribution < 1.29 is 0 Å². The fourth-order valence-electron chi connectivity index (χ4n) is 0.898. The first kappa shape index (κ1) is 11.1. The van der Waals surface area contributed by atoms with E-state index in [9.17, 15) is 0 Å². The number of H-pyrrole nitrogens is 1. The Bertz CT molecular complexity index is 472. The van der Waals surface area contributed by atoms with Gasteiger partial charge >= 0.3 is 0 Å². The minimum Gasteiger partial charge on any atom is -0.347 e. The fraction of sp³-hybridized carbons (Fsp3) is 0.286. The SMILES string of the molecule is CN(C)c1nc(Cl)nc(Sc2ncn[nH]2)n1. The Balaban J connectivity index is 2.27. The highest BCUT2D eigenvalue weighted by Crippen LogP contribution is 2.22. The van der Waals surface area contributed by atoms with Crippen LogP contribution in [0.1, 0.15) is 0 Å². The normalized spacial score (nSPS) is 10.4. The minimum atomic E-state index is 0.153. The van der Waals surface area contributed by atoms with E-state index in [0.717, 1.165) is 0 Å². The van der Waals surface area contributed by atoms with Crippen molar-refractivity contribution >= 4 is 29.3 Å². The second-order valence-electron chi connectivity index (χ2n) is 2.97. The third-order valence-electron chi connectivity index (χ3n) is 1.56. The molecular formula is C7H8ClN7S. The summed E-state index contributed by atoms with van der Waals surface area (Å²) in [5, 5.41) is 7.66. The Hall–Kier alpha value is -1.41. The maximum absolute atomic E-state index is 5.79. The van der Waals surface area contributed by atoms with Crippen molar-refractivity contribution in [3.63, 3.8) is 0 Å². The quantitative estimate of drug-likeness (QED) is 0.873. The van der Waals surface area contributed by atoms with Gasteiger partial charge in [-0.3, -0.25) is 5.10 Å². The molecule has 0 atom stereocenters. The summed E-state index contributed by atoms with van der Waals surface area (Å²) in [4.78, 5) is 17.9. The number of nitrogens with one attached hydrogen (secondary N) is 1. The molecule has 0 saturated heterocycles. The highest BCUT2D eigenvalue weighted by Gasteiger charge is 2.09. The molecule has 84 valence electrons. The zero-order valence-electron chi connectivity index (χ0n) is 8.55. The molecule has 0 unspecified atom stereocenters. The van der Waals surface area contributed by atoms with Crippen LogP contribution in [0.5, 0.6) is 0 Å². The Morgan fingerprint density at radius 3 is 2.75 bits per heavy atom.